The number of carbonyl (C=O) groups is 1. The summed E-state index contributed by atoms with van der Waals surface area (Å²) in [7, 11) is 1.49. The molecule has 1 aliphatic heterocycles. The summed E-state index contributed by atoms with van der Waals surface area (Å²) in [4.78, 5) is 18.2. The predicted octanol–water partition coefficient (Wildman–Crippen LogP) is 3.87. The number of pyridine rings is 1. The second-order valence-electron chi connectivity index (χ2n) is 9.34. The normalized spacial score (nSPS) is 28.3. The first-order valence-corrected chi connectivity index (χ1v) is 13.4. The standard InChI is InChI=1S/C28H28BrClN2O6/c1-3-37-21(36-2)15-32-26(34)22-23(16-7-5-4-6-8-16)28(17-9-11-18(29)12-10-17)27(35,25(22)33)24-20(38-28)13-19(30)14-31-24/h4-14,21-23,25,33,35H,3,15H2,1-2H3,(H,32,34)/t21?,22-,23-,25-,27+,28+/m1/s1. The van der Waals surface area contributed by atoms with Gasteiger partial charge >= 0.3 is 0 Å². The molecule has 2 heterocycles. The highest BCUT2D eigenvalue weighted by Crippen LogP contribution is 2.68. The van der Waals surface area contributed by atoms with Crippen molar-refractivity contribution >= 4 is 33.4 Å². The number of aliphatic hydroxyl groups excluding tert-OH is 1. The molecule has 0 bridgehead atoms. The number of halogens is 2. The van der Waals surface area contributed by atoms with Gasteiger partial charge in [-0.25, -0.2) is 0 Å². The lowest BCUT2D eigenvalue weighted by Crippen LogP contribution is -2.52. The quantitative estimate of drug-likeness (QED) is 0.335. The molecule has 2 aromatic carbocycles. The van der Waals surface area contributed by atoms with Crippen molar-refractivity contribution in [2.45, 2.75) is 36.4 Å². The van der Waals surface area contributed by atoms with Crippen molar-refractivity contribution in [1.82, 2.24) is 10.3 Å². The average Bonchev–Trinajstić information content (AvgIpc) is 3.29. The molecule has 3 N–H and O–H groups in total. The average molecular weight is 604 g/mol. The summed E-state index contributed by atoms with van der Waals surface area (Å²) in [5.74, 6) is -2.16. The largest absolute Gasteiger partial charge is 0.476 e. The summed E-state index contributed by atoms with van der Waals surface area (Å²) < 4.78 is 18.2. The van der Waals surface area contributed by atoms with Crippen LogP contribution in [0, 0.1) is 5.92 Å². The van der Waals surface area contributed by atoms with Gasteiger partial charge in [0.25, 0.3) is 0 Å². The number of nitrogens with zero attached hydrogens (tertiary/aromatic N) is 1. The number of nitrogens with one attached hydrogen (secondary N) is 1. The number of benzene rings is 2. The van der Waals surface area contributed by atoms with Gasteiger partial charge in [-0.1, -0.05) is 70.0 Å². The minimum atomic E-state index is -2.08. The molecule has 1 amide bonds. The van der Waals surface area contributed by atoms with E-state index in [0.29, 0.717) is 22.8 Å². The van der Waals surface area contributed by atoms with Gasteiger partial charge in [-0.3, -0.25) is 9.78 Å². The van der Waals surface area contributed by atoms with Crippen LogP contribution >= 0.6 is 27.5 Å². The Balaban J connectivity index is 1.70. The number of amides is 1. The molecule has 0 radical (unpaired) electrons. The Morgan fingerprint density at radius 2 is 1.95 bits per heavy atom. The summed E-state index contributed by atoms with van der Waals surface area (Å²) >= 11 is 9.70. The SMILES string of the molecule is CCOC(CNC(=O)[C@H]1[C@@H](O)[C@@]2(O)c3ncc(Cl)cc3O[C@@]2(c2ccc(Br)cc2)[C@@H]1c1ccccc1)OC. The van der Waals surface area contributed by atoms with Crippen LogP contribution < -0.4 is 10.1 Å². The van der Waals surface area contributed by atoms with Gasteiger partial charge in [-0.2, -0.15) is 0 Å². The first kappa shape index (κ1) is 27.1. The Kier molecular flexibility index (Phi) is 7.52. The lowest BCUT2D eigenvalue weighted by Gasteiger charge is -2.40. The van der Waals surface area contributed by atoms with Crippen LogP contribution in [-0.2, 0) is 25.5 Å². The fourth-order valence-corrected chi connectivity index (χ4v) is 6.23. The van der Waals surface area contributed by atoms with E-state index in [1.807, 2.05) is 61.5 Å². The van der Waals surface area contributed by atoms with Crippen LogP contribution in [0.3, 0.4) is 0 Å². The Labute approximate surface area is 234 Å². The molecular weight excluding hydrogens is 576 g/mol. The van der Waals surface area contributed by atoms with Gasteiger partial charge in [0.1, 0.15) is 17.5 Å². The van der Waals surface area contributed by atoms with Gasteiger partial charge in [0.05, 0.1) is 17.5 Å². The van der Waals surface area contributed by atoms with E-state index in [1.54, 1.807) is 6.07 Å². The molecule has 1 fully saturated rings. The molecule has 1 saturated carbocycles. The molecule has 6 atom stereocenters. The summed E-state index contributed by atoms with van der Waals surface area (Å²) in [6, 6.07) is 18.1. The van der Waals surface area contributed by atoms with E-state index in [9.17, 15) is 15.0 Å². The number of hydrogen-bond donors (Lipinski definition) is 3. The molecule has 38 heavy (non-hydrogen) atoms. The zero-order valence-electron chi connectivity index (χ0n) is 20.8. The van der Waals surface area contributed by atoms with E-state index in [-0.39, 0.29) is 18.0 Å². The maximum atomic E-state index is 13.8. The minimum Gasteiger partial charge on any atom is -0.476 e. The number of fused-ring (bicyclic) bond motifs is 3. The second kappa shape index (κ2) is 10.6. The Hall–Kier alpha value is -2.53. The van der Waals surface area contributed by atoms with Crippen LogP contribution in [0.15, 0.2) is 71.3 Å². The van der Waals surface area contributed by atoms with Gasteiger partial charge in [0.2, 0.25) is 5.91 Å². The second-order valence-corrected chi connectivity index (χ2v) is 10.7. The third-order valence-electron chi connectivity index (χ3n) is 7.38. The van der Waals surface area contributed by atoms with Gasteiger partial charge in [0.15, 0.2) is 17.5 Å². The summed E-state index contributed by atoms with van der Waals surface area (Å²) in [5, 5.41) is 27.6. The van der Waals surface area contributed by atoms with Gasteiger partial charge in [-0.05, 0) is 30.2 Å². The van der Waals surface area contributed by atoms with Crippen molar-refractivity contribution in [1.29, 1.82) is 0 Å². The van der Waals surface area contributed by atoms with Crippen molar-refractivity contribution in [3.63, 3.8) is 0 Å². The van der Waals surface area contributed by atoms with Crippen LogP contribution in [0.1, 0.15) is 29.7 Å². The molecule has 3 aromatic rings. The van der Waals surface area contributed by atoms with Crippen molar-refractivity contribution in [2.24, 2.45) is 5.92 Å². The maximum Gasteiger partial charge on any atom is 0.226 e. The molecular formula is C28H28BrClN2O6. The highest BCUT2D eigenvalue weighted by Gasteiger charge is 2.78. The maximum absolute atomic E-state index is 13.8. The highest BCUT2D eigenvalue weighted by molar-refractivity contribution is 9.10. The molecule has 8 nitrogen and oxygen atoms in total. The summed E-state index contributed by atoms with van der Waals surface area (Å²) in [6.07, 6.45) is -0.858. The lowest BCUT2D eigenvalue weighted by molar-refractivity contribution is -0.156. The van der Waals surface area contributed by atoms with Crippen LogP contribution in [0.25, 0.3) is 0 Å². The van der Waals surface area contributed by atoms with Gasteiger partial charge < -0.3 is 29.7 Å². The number of aliphatic hydroxyl groups is 2. The summed E-state index contributed by atoms with van der Waals surface area (Å²) in [5.41, 5.74) is -2.28. The number of ether oxygens (including phenoxy) is 3. The Bertz CT molecular complexity index is 1310. The fraction of sp³-hybridized carbons (Fsp3) is 0.357. The highest BCUT2D eigenvalue weighted by atomic mass is 79.9. The molecule has 0 spiro atoms. The number of rotatable bonds is 8. The third kappa shape index (κ3) is 4.13. The number of aromatic nitrogens is 1. The topological polar surface area (TPSA) is 110 Å². The fourth-order valence-electron chi connectivity index (χ4n) is 5.82. The van der Waals surface area contributed by atoms with Crippen molar-refractivity contribution in [3.8, 4) is 5.75 Å². The molecule has 1 unspecified atom stereocenters. The molecule has 200 valence electrons. The van der Waals surface area contributed by atoms with Gasteiger partial charge in [0, 0.05) is 36.4 Å². The van der Waals surface area contributed by atoms with E-state index in [4.69, 9.17) is 25.8 Å². The van der Waals surface area contributed by atoms with Crippen molar-refractivity contribution in [2.75, 3.05) is 20.3 Å². The molecule has 10 heteroatoms. The number of methoxy groups -OCH3 is 1. The molecule has 5 rings (SSSR count). The zero-order valence-corrected chi connectivity index (χ0v) is 23.1. The molecule has 0 saturated heterocycles. The van der Waals surface area contributed by atoms with Crippen molar-refractivity contribution < 1.29 is 29.2 Å². The van der Waals surface area contributed by atoms with Gasteiger partial charge in [-0.15, -0.1) is 0 Å². The Morgan fingerprint density at radius 3 is 2.61 bits per heavy atom. The Morgan fingerprint density at radius 1 is 1.24 bits per heavy atom. The molecule has 1 aromatic heterocycles. The van der Waals surface area contributed by atoms with Crippen LogP contribution in [0.5, 0.6) is 5.75 Å². The number of carbonyl (C=O) groups excluding carboxylic acids is 1. The predicted molar refractivity (Wildman–Crippen MR) is 144 cm³/mol. The third-order valence-corrected chi connectivity index (χ3v) is 8.11. The number of hydrogen-bond acceptors (Lipinski definition) is 7. The van der Waals surface area contributed by atoms with E-state index >= 15 is 0 Å². The zero-order chi connectivity index (χ0) is 27.1. The monoisotopic (exact) mass is 602 g/mol. The van der Waals surface area contributed by atoms with Crippen LogP contribution in [-0.4, -0.2) is 53.8 Å². The minimum absolute atomic E-state index is 0.0584. The van der Waals surface area contributed by atoms with Crippen LogP contribution in [0.2, 0.25) is 5.02 Å². The first-order valence-electron chi connectivity index (χ1n) is 12.3. The first-order chi connectivity index (χ1) is 18.3. The molecule has 2 aliphatic rings. The summed E-state index contributed by atoms with van der Waals surface area (Å²) in [6.45, 7) is 2.29. The lowest BCUT2D eigenvalue weighted by atomic mass is 9.71. The van der Waals surface area contributed by atoms with E-state index in [2.05, 4.69) is 26.2 Å². The molecule has 1 aliphatic carbocycles. The smallest absolute Gasteiger partial charge is 0.226 e. The van der Waals surface area contributed by atoms with Crippen LogP contribution in [0.4, 0.5) is 0 Å². The van der Waals surface area contributed by atoms with E-state index < -0.39 is 41.3 Å². The van der Waals surface area contributed by atoms with Crippen molar-refractivity contribution in [3.05, 3.63) is 93.2 Å². The van der Waals surface area contributed by atoms with E-state index in [1.165, 1.54) is 13.3 Å². The van der Waals surface area contributed by atoms with E-state index in [0.717, 1.165) is 4.47 Å².